The highest BCUT2D eigenvalue weighted by molar-refractivity contribution is 4.83. The molecule has 0 bridgehead atoms. The zero-order chi connectivity index (χ0) is 9.68. The van der Waals surface area contributed by atoms with Gasteiger partial charge in [0.15, 0.2) is 0 Å². The lowest BCUT2D eigenvalue weighted by atomic mass is 10.1. The van der Waals surface area contributed by atoms with Gasteiger partial charge in [0.05, 0.1) is 12.2 Å². The molecule has 3 N–H and O–H groups in total. The summed E-state index contributed by atoms with van der Waals surface area (Å²) in [6, 6.07) is 0.214. The van der Waals surface area contributed by atoms with Crippen molar-refractivity contribution in [3.8, 4) is 0 Å². The zero-order valence-electron chi connectivity index (χ0n) is 8.37. The first-order valence-corrected chi connectivity index (χ1v) is 5.33. The molecule has 0 amide bonds. The Morgan fingerprint density at radius 1 is 1.46 bits per heavy atom. The summed E-state index contributed by atoms with van der Waals surface area (Å²) in [4.78, 5) is 0. The summed E-state index contributed by atoms with van der Waals surface area (Å²) in [5, 5.41) is 22.2. The second-order valence-electron chi connectivity index (χ2n) is 3.96. The van der Waals surface area contributed by atoms with Crippen LogP contribution in [0.1, 0.15) is 39.0 Å². The van der Waals surface area contributed by atoms with Crippen LogP contribution in [0.25, 0.3) is 0 Å². The van der Waals surface area contributed by atoms with Gasteiger partial charge in [0.2, 0.25) is 0 Å². The molecule has 0 heterocycles. The lowest BCUT2D eigenvalue weighted by Gasteiger charge is -2.18. The predicted molar refractivity (Wildman–Crippen MR) is 52.6 cm³/mol. The number of aliphatic hydroxyl groups is 2. The highest BCUT2D eigenvalue weighted by Gasteiger charge is 2.24. The smallest absolute Gasteiger partial charge is 0.0693 e. The number of aliphatic hydroxyl groups excluding tert-OH is 2. The molecule has 0 aromatic heterocycles. The number of rotatable bonds is 5. The Kier molecular flexibility index (Phi) is 4.70. The van der Waals surface area contributed by atoms with E-state index >= 15 is 0 Å². The molecule has 1 aliphatic rings. The van der Waals surface area contributed by atoms with Crippen molar-refractivity contribution in [2.75, 3.05) is 6.54 Å². The average molecular weight is 187 g/mol. The zero-order valence-corrected chi connectivity index (χ0v) is 8.37. The van der Waals surface area contributed by atoms with Crippen LogP contribution in [0.5, 0.6) is 0 Å². The van der Waals surface area contributed by atoms with E-state index in [1.807, 2.05) is 0 Å². The number of hydrogen-bond acceptors (Lipinski definition) is 3. The van der Waals surface area contributed by atoms with Crippen molar-refractivity contribution in [2.24, 2.45) is 0 Å². The molecule has 0 radical (unpaired) electrons. The van der Waals surface area contributed by atoms with Gasteiger partial charge in [0.25, 0.3) is 0 Å². The Bertz CT molecular complexity index is 141. The summed E-state index contributed by atoms with van der Waals surface area (Å²) < 4.78 is 0. The minimum absolute atomic E-state index is 0.200. The monoisotopic (exact) mass is 187 g/mol. The van der Waals surface area contributed by atoms with Crippen LogP contribution in [0.4, 0.5) is 0 Å². The molecule has 0 spiro atoms. The summed E-state index contributed by atoms with van der Waals surface area (Å²) in [6.45, 7) is 2.68. The van der Waals surface area contributed by atoms with Crippen LogP contribution in [0, 0.1) is 0 Å². The second kappa shape index (κ2) is 5.58. The predicted octanol–water partition coefficient (Wildman–Crippen LogP) is 0.650. The van der Waals surface area contributed by atoms with Crippen LogP contribution in [-0.4, -0.2) is 35.0 Å². The van der Waals surface area contributed by atoms with Crippen molar-refractivity contribution in [3.63, 3.8) is 0 Å². The van der Waals surface area contributed by atoms with Crippen LogP contribution < -0.4 is 5.32 Å². The SMILES string of the molecule is CCCC(O)CN[C@H]1CCC[C@@H]1O. The van der Waals surface area contributed by atoms with Crippen molar-refractivity contribution in [3.05, 3.63) is 0 Å². The molecule has 3 nitrogen and oxygen atoms in total. The fourth-order valence-corrected chi connectivity index (χ4v) is 1.90. The van der Waals surface area contributed by atoms with Crippen molar-refractivity contribution in [1.82, 2.24) is 5.32 Å². The minimum atomic E-state index is -0.252. The van der Waals surface area contributed by atoms with Crippen LogP contribution in [0.2, 0.25) is 0 Å². The van der Waals surface area contributed by atoms with Gasteiger partial charge in [-0.15, -0.1) is 0 Å². The molecule has 0 saturated heterocycles. The van der Waals surface area contributed by atoms with Gasteiger partial charge in [0, 0.05) is 12.6 Å². The molecular weight excluding hydrogens is 166 g/mol. The maximum Gasteiger partial charge on any atom is 0.0693 e. The molecule has 3 heteroatoms. The quantitative estimate of drug-likeness (QED) is 0.592. The van der Waals surface area contributed by atoms with Gasteiger partial charge in [-0.25, -0.2) is 0 Å². The highest BCUT2D eigenvalue weighted by Crippen LogP contribution is 2.18. The molecule has 1 rings (SSSR count). The fourth-order valence-electron chi connectivity index (χ4n) is 1.90. The van der Waals surface area contributed by atoms with Crippen molar-refractivity contribution in [1.29, 1.82) is 0 Å². The van der Waals surface area contributed by atoms with Gasteiger partial charge in [0.1, 0.15) is 0 Å². The molecule has 1 fully saturated rings. The van der Waals surface area contributed by atoms with Crippen molar-refractivity contribution in [2.45, 2.75) is 57.3 Å². The lowest BCUT2D eigenvalue weighted by Crippen LogP contribution is -2.40. The molecule has 13 heavy (non-hydrogen) atoms. The summed E-state index contributed by atoms with van der Waals surface area (Å²) in [6.07, 6.45) is 4.45. The largest absolute Gasteiger partial charge is 0.392 e. The normalized spacial score (nSPS) is 30.7. The molecule has 0 aromatic carbocycles. The third-order valence-electron chi connectivity index (χ3n) is 2.72. The van der Waals surface area contributed by atoms with Gasteiger partial charge in [-0.05, 0) is 25.7 Å². The third-order valence-corrected chi connectivity index (χ3v) is 2.72. The standard InChI is InChI=1S/C10H21NO2/c1-2-4-8(12)7-11-9-5-3-6-10(9)13/h8-13H,2-7H2,1H3/t8?,9-,10-/m0/s1. The molecule has 1 unspecified atom stereocenters. The van der Waals surface area contributed by atoms with Crippen LogP contribution in [0.3, 0.4) is 0 Å². The molecule has 0 aromatic rings. The summed E-state index contributed by atoms with van der Waals surface area (Å²) in [5.74, 6) is 0. The maximum absolute atomic E-state index is 9.49. The Morgan fingerprint density at radius 2 is 2.23 bits per heavy atom. The van der Waals surface area contributed by atoms with Gasteiger partial charge in [-0.1, -0.05) is 13.3 Å². The third kappa shape index (κ3) is 3.63. The molecule has 78 valence electrons. The molecular formula is C10H21NO2. The lowest BCUT2D eigenvalue weighted by molar-refractivity contribution is 0.122. The van der Waals surface area contributed by atoms with Gasteiger partial charge >= 0.3 is 0 Å². The molecule has 1 saturated carbocycles. The molecule has 1 aliphatic carbocycles. The van der Waals surface area contributed by atoms with E-state index < -0.39 is 0 Å². The minimum Gasteiger partial charge on any atom is -0.392 e. The number of nitrogens with one attached hydrogen (secondary N) is 1. The van der Waals surface area contributed by atoms with Crippen molar-refractivity contribution >= 4 is 0 Å². The summed E-state index contributed by atoms with van der Waals surface area (Å²) in [7, 11) is 0. The average Bonchev–Trinajstić information content (AvgIpc) is 2.48. The second-order valence-corrected chi connectivity index (χ2v) is 3.96. The van der Waals surface area contributed by atoms with E-state index in [-0.39, 0.29) is 18.2 Å². The van der Waals surface area contributed by atoms with Crippen LogP contribution in [-0.2, 0) is 0 Å². The van der Waals surface area contributed by atoms with E-state index in [0.29, 0.717) is 6.54 Å². The summed E-state index contributed by atoms with van der Waals surface area (Å²) in [5.41, 5.74) is 0. The first-order valence-electron chi connectivity index (χ1n) is 5.33. The first-order chi connectivity index (χ1) is 6.24. The molecule has 3 atom stereocenters. The van der Waals surface area contributed by atoms with E-state index in [4.69, 9.17) is 0 Å². The Labute approximate surface area is 80.2 Å². The van der Waals surface area contributed by atoms with Gasteiger partial charge < -0.3 is 15.5 Å². The molecule has 0 aliphatic heterocycles. The maximum atomic E-state index is 9.49. The van der Waals surface area contributed by atoms with E-state index in [1.165, 1.54) is 0 Å². The fraction of sp³-hybridized carbons (Fsp3) is 1.00. The van der Waals surface area contributed by atoms with E-state index in [9.17, 15) is 10.2 Å². The number of hydrogen-bond donors (Lipinski definition) is 3. The van der Waals surface area contributed by atoms with Crippen LogP contribution >= 0.6 is 0 Å². The van der Waals surface area contributed by atoms with E-state index in [1.54, 1.807) is 0 Å². The van der Waals surface area contributed by atoms with E-state index in [0.717, 1.165) is 32.1 Å². The Morgan fingerprint density at radius 3 is 2.77 bits per heavy atom. The van der Waals surface area contributed by atoms with Crippen LogP contribution in [0.15, 0.2) is 0 Å². The van der Waals surface area contributed by atoms with E-state index in [2.05, 4.69) is 12.2 Å². The van der Waals surface area contributed by atoms with Gasteiger partial charge in [-0.3, -0.25) is 0 Å². The first kappa shape index (κ1) is 11.0. The Balaban J connectivity index is 2.10. The highest BCUT2D eigenvalue weighted by atomic mass is 16.3. The van der Waals surface area contributed by atoms with Crippen molar-refractivity contribution < 1.29 is 10.2 Å². The topological polar surface area (TPSA) is 52.5 Å². The summed E-state index contributed by atoms with van der Waals surface area (Å²) >= 11 is 0. The van der Waals surface area contributed by atoms with Gasteiger partial charge in [-0.2, -0.15) is 0 Å². The Hall–Kier alpha value is -0.120.